The van der Waals surface area contributed by atoms with E-state index in [1.165, 1.54) is 39.2 Å². The summed E-state index contributed by atoms with van der Waals surface area (Å²) in [6.45, 7) is 2.20. The van der Waals surface area contributed by atoms with Crippen LogP contribution in [-0.2, 0) is 20.3 Å². The molecular weight excluding hydrogens is 224 g/mol. The number of hydrogen-bond acceptors (Lipinski definition) is 3. The van der Waals surface area contributed by atoms with Crippen molar-refractivity contribution in [3.05, 3.63) is 0 Å². The molecule has 0 saturated heterocycles. The molecule has 96 valence electrons. The molecule has 0 amide bonds. The van der Waals surface area contributed by atoms with Crippen LogP contribution in [0.25, 0.3) is 0 Å². The first-order valence-corrected chi connectivity index (χ1v) is 7.61. The summed E-state index contributed by atoms with van der Waals surface area (Å²) in [6.07, 6.45) is 8.46. The number of unbranched alkanes of at least 4 members (excludes halogenated alkanes) is 6. The van der Waals surface area contributed by atoms with Crippen LogP contribution in [0.3, 0.4) is 0 Å². The van der Waals surface area contributed by atoms with Crippen molar-refractivity contribution >= 4 is 16.8 Å². The van der Waals surface area contributed by atoms with Gasteiger partial charge in [-0.05, 0) is 6.42 Å². The summed E-state index contributed by atoms with van der Waals surface area (Å²) in [4.78, 5) is 10.8. The second kappa shape index (κ2) is 11.1. The molecule has 0 aliphatic carbocycles. The van der Waals surface area contributed by atoms with E-state index in [0.29, 0.717) is 5.75 Å². The molecule has 0 unspecified atom stereocenters. The Hall–Kier alpha value is -0.380. The minimum absolute atomic E-state index is 0.0480. The van der Waals surface area contributed by atoms with Crippen molar-refractivity contribution < 1.29 is 13.7 Å². The largest absolute Gasteiger partial charge is 0.468 e. The number of carbonyl (C=O) groups excluding carboxylic acids is 1. The van der Waals surface area contributed by atoms with Crippen molar-refractivity contribution in [3.8, 4) is 0 Å². The SMILES string of the molecule is CCCCCCCCC[S@](=O)CC(=O)OC. The van der Waals surface area contributed by atoms with Crippen LogP contribution in [0.15, 0.2) is 0 Å². The third-order valence-corrected chi connectivity index (χ3v) is 3.78. The highest BCUT2D eigenvalue weighted by Gasteiger charge is 2.06. The van der Waals surface area contributed by atoms with Crippen LogP contribution >= 0.6 is 0 Å². The third kappa shape index (κ3) is 10.1. The Balaban J connectivity index is 3.24. The maximum atomic E-state index is 11.4. The number of ether oxygens (including phenoxy) is 1. The van der Waals surface area contributed by atoms with E-state index in [1.54, 1.807) is 0 Å². The van der Waals surface area contributed by atoms with E-state index < -0.39 is 10.8 Å². The first-order chi connectivity index (χ1) is 7.70. The van der Waals surface area contributed by atoms with Crippen molar-refractivity contribution in [2.75, 3.05) is 18.6 Å². The first kappa shape index (κ1) is 15.6. The fourth-order valence-electron chi connectivity index (χ4n) is 1.48. The topological polar surface area (TPSA) is 43.4 Å². The van der Waals surface area contributed by atoms with E-state index in [0.717, 1.165) is 12.8 Å². The summed E-state index contributed by atoms with van der Waals surface area (Å²) in [7, 11) is 0.293. The Labute approximate surface area is 101 Å². The Morgan fingerprint density at radius 3 is 2.19 bits per heavy atom. The van der Waals surface area contributed by atoms with Crippen molar-refractivity contribution in [1.29, 1.82) is 0 Å². The van der Waals surface area contributed by atoms with Gasteiger partial charge in [-0.2, -0.15) is 0 Å². The molecule has 16 heavy (non-hydrogen) atoms. The van der Waals surface area contributed by atoms with Gasteiger partial charge in [-0.3, -0.25) is 9.00 Å². The highest BCUT2D eigenvalue weighted by molar-refractivity contribution is 7.85. The second-order valence-electron chi connectivity index (χ2n) is 3.99. The molecule has 3 nitrogen and oxygen atoms in total. The lowest BCUT2D eigenvalue weighted by molar-refractivity contribution is -0.137. The Bertz CT molecular complexity index is 204. The van der Waals surface area contributed by atoms with E-state index in [4.69, 9.17) is 0 Å². The number of carbonyl (C=O) groups is 1. The van der Waals surface area contributed by atoms with Gasteiger partial charge in [0.2, 0.25) is 0 Å². The Morgan fingerprint density at radius 1 is 1.06 bits per heavy atom. The lowest BCUT2D eigenvalue weighted by Gasteiger charge is -2.02. The zero-order valence-electron chi connectivity index (χ0n) is 10.5. The predicted molar refractivity (Wildman–Crippen MR) is 67.9 cm³/mol. The minimum Gasteiger partial charge on any atom is -0.468 e. The van der Waals surface area contributed by atoms with Gasteiger partial charge in [-0.15, -0.1) is 0 Å². The van der Waals surface area contributed by atoms with E-state index >= 15 is 0 Å². The maximum Gasteiger partial charge on any atom is 0.318 e. The van der Waals surface area contributed by atoms with Crippen LogP contribution in [0.2, 0.25) is 0 Å². The van der Waals surface area contributed by atoms with Crippen molar-refractivity contribution in [2.24, 2.45) is 0 Å². The van der Waals surface area contributed by atoms with Gasteiger partial charge >= 0.3 is 5.97 Å². The molecule has 0 aliphatic rings. The summed E-state index contributed by atoms with van der Waals surface area (Å²) in [5.41, 5.74) is 0. The number of esters is 1. The quantitative estimate of drug-likeness (QED) is 0.441. The highest BCUT2D eigenvalue weighted by atomic mass is 32.2. The highest BCUT2D eigenvalue weighted by Crippen LogP contribution is 2.07. The van der Waals surface area contributed by atoms with Crippen molar-refractivity contribution in [1.82, 2.24) is 0 Å². The van der Waals surface area contributed by atoms with Crippen molar-refractivity contribution in [3.63, 3.8) is 0 Å². The predicted octanol–water partition coefficient (Wildman–Crippen LogP) is 2.66. The van der Waals surface area contributed by atoms with Crippen LogP contribution in [0.4, 0.5) is 0 Å². The van der Waals surface area contributed by atoms with Crippen LogP contribution in [0.1, 0.15) is 51.9 Å². The van der Waals surface area contributed by atoms with Gasteiger partial charge < -0.3 is 4.74 Å². The molecule has 0 heterocycles. The average molecular weight is 248 g/mol. The van der Waals surface area contributed by atoms with Gasteiger partial charge in [0.25, 0.3) is 0 Å². The van der Waals surface area contributed by atoms with Crippen LogP contribution in [0, 0.1) is 0 Å². The average Bonchev–Trinajstić information content (AvgIpc) is 2.27. The molecule has 0 radical (unpaired) electrons. The lowest BCUT2D eigenvalue weighted by atomic mass is 10.1. The maximum absolute atomic E-state index is 11.4. The van der Waals surface area contributed by atoms with E-state index in [2.05, 4.69) is 11.7 Å². The standard InChI is InChI=1S/C12H24O3S/c1-3-4-5-6-7-8-9-10-16(14)11-12(13)15-2/h3-11H2,1-2H3/t16-/m0/s1. The first-order valence-electron chi connectivity index (χ1n) is 6.12. The normalized spacial score (nSPS) is 12.4. The van der Waals surface area contributed by atoms with E-state index in [9.17, 15) is 9.00 Å². The third-order valence-electron chi connectivity index (χ3n) is 2.48. The molecule has 0 spiro atoms. The molecule has 0 bridgehead atoms. The Morgan fingerprint density at radius 2 is 1.62 bits per heavy atom. The summed E-state index contributed by atoms with van der Waals surface area (Å²) < 4.78 is 15.8. The van der Waals surface area contributed by atoms with E-state index in [-0.39, 0.29) is 11.7 Å². The molecule has 0 fully saturated rings. The summed E-state index contributed by atoms with van der Waals surface area (Å²) in [5.74, 6) is 0.302. The molecule has 0 rings (SSSR count). The number of hydrogen-bond donors (Lipinski definition) is 0. The number of methoxy groups -OCH3 is 1. The van der Waals surface area contributed by atoms with Crippen LogP contribution in [0.5, 0.6) is 0 Å². The van der Waals surface area contributed by atoms with Crippen LogP contribution in [-0.4, -0.2) is 28.8 Å². The fourth-order valence-corrected chi connectivity index (χ4v) is 2.53. The van der Waals surface area contributed by atoms with Gasteiger partial charge in [0.1, 0.15) is 5.75 Å². The van der Waals surface area contributed by atoms with Crippen LogP contribution < -0.4 is 0 Å². The molecule has 0 saturated carbocycles. The van der Waals surface area contributed by atoms with Gasteiger partial charge in [0, 0.05) is 16.6 Å². The monoisotopic (exact) mass is 248 g/mol. The molecule has 0 aromatic heterocycles. The molecule has 0 aliphatic heterocycles. The van der Waals surface area contributed by atoms with Gasteiger partial charge in [-0.1, -0.05) is 45.4 Å². The smallest absolute Gasteiger partial charge is 0.318 e. The zero-order chi connectivity index (χ0) is 12.2. The van der Waals surface area contributed by atoms with Gasteiger partial charge in [-0.25, -0.2) is 0 Å². The van der Waals surface area contributed by atoms with Gasteiger partial charge in [0.05, 0.1) is 7.11 Å². The van der Waals surface area contributed by atoms with Crippen molar-refractivity contribution in [2.45, 2.75) is 51.9 Å². The Kier molecular flexibility index (Phi) is 10.9. The minimum atomic E-state index is -1.03. The second-order valence-corrected chi connectivity index (χ2v) is 5.56. The lowest BCUT2D eigenvalue weighted by Crippen LogP contribution is -2.14. The molecule has 0 aromatic carbocycles. The molecule has 1 atom stereocenters. The fraction of sp³-hybridized carbons (Fsp3) is 0.917. The molecule has 4 heteroatoms. The molecule has 0 aromatic rings. The van der Waals surface area contributed by atoms with E-state index in [1.807, 2.05) is 0 Å². The molecular formula is C12H24O3S. The van der Waals surface area contributed by atoms with Gasteiger partial charge in [0.15, 0.2) is 0 Å². The summed E-state index contributed by atoms with van der Waals surface area (Å²) >= 11 is 0. The summed E-state index contributed by atoms with van der Waals surface area (Å²) in [5, 5.41) is 0. The molecule has 0 N–H and O–H groups in total. The summed E-state index contributed by atoms with van der Waals surface area (Å²) in [6, 6.07) is 0. The number of rotatable bonds is 10. The zero-order valence-corrected chi connectivity index (χ0v) is 11.3.